The number of aliphatic imine (C=N–C) groups is 1. The predicted molar refractivity (Wildman–Crippen MR) is 109 cm³/mol. The van der Waals surface area contributed by atoms with Gasteiger partial charge in [-0.3, -0.25) is 10.3 Å². The van der Waals surface area contributed by atoms with Gasteiger partial charge in [0.1, 0.15) is 5.76 Å². The van der Waals surface area contributed by atoms with Gasteiger partial charge in [0, 0.05) is 17.8 Å². The van der Waals surface area contributed by atoms with Gasteiger partial charge in [0.05, 0.1) is 11.8 Å². The molecule has 0 saturated carbocycles. The van der Waals surface area contributed by atoms with Crippen LogP contribution in [0.2, 0.25) is 0 Å². The number of aliphatic hydroxyl groups is 1. The Morgan fingerprint density at radius 1 is 1.42 bits per heavy atom. The molecule has 0 aliphatic carbocycles. The second kappa shape index (κ2) is 11.7. The van der Waals surface area contributed by atoms with Gasteiger partial charge in [-0.1, -0.05) is 6.08 Å². The van der Waals surface area contributed by atoms with Gasteiger partial charge in [0.25, 0.3) is 0 Å². The molecule has 0 fully saturated rings. The van der Waals surface area contributed by atoms with E-state index in [1.807, 2.05) is 39.2 Å². The zero-order valence-corrected chi connectivity index (χ0v) is 16.5. The van der Waals surface area contributed by atoms with Crippen LogP contribution >= 0.6 is 11.8 Å². The third kappa shape index (κ3) is 8.51. The molecule has 7 heteroatoms. The van der Waals surface area contributed by atoms with E-state index >= 15 is 0 Å². The average molecular weight is 382 g/mol. The first-order valence-corrected chi connectivity index (χ1v) is 9.48. The van der Waals surface area contributed by atoms with E-state index in [2.05, 4.69) is 22.3 Å². The number of rotatable bonds is 11. The standard InChI is InChI=1S/C19H28FN3O2S/c1-6-16(12-26-10-9-14(4)21-5)25-18-8-7-15(11-17(18)20)23-19(24)22-13(2)3/h6-11,13-14,19,22-24H,5,12H2,1-4H3. The first-order chi connectivity index (χ1) is 12.3. The first kappa shape index (κ1) is 22.2. The molecule has 1 aromatic carbocycles. The van der Waals surface area contributed by atoms with Crippen LogP contribution in [0.5, 0.6) is 5.75 Å². The number of hydrogen-bond acceptors (Lipinski definition) is 6. The van der Waals surface area contributed by atoms with Crippen molar-refractivity contribution in [2.24, 2.45) is 4.99 Å². The summed E-state index contributed by atoms with van der Waals surface area (Å²) in [5.41, 5.74) is 0.459. The number of nitrogens with one attached hydrogen (secondary N) is 2. The molecule has 0 aromatic heterocycles. The lowest BCUT2D eigenvalue weighted by Crippen LogP contribution is -2.40. The van der Waals surface area contributed by atoms with Crippen molar-refractivity contribution in [3.63, 3.8) is 0 Å². The number of ether oxygens (including phenoxy) is 1. The molecule has 0 bridgehead atoms. The fraction of sp³-hybridized carbons (Fsp3) is 0.421. The van der Waals surface area contributed by atoms with E-state index < -0.39 is 12.2 Å². The Kier molecular flexibility index (Phi) is 10.0. The smallest absolute Gasteiger partial charge is 0.181 e. The van der Waals surface area contributed by atoms with Crippen LogP contribution < -0.4 is 15.4 Å². The second-order valence-corrected chi connectivity index (χ2v) is 6.83. The van der Waals surface area contributed by atoms with Crippen molar-refractivity contribution >= 4 is 24.2 Å². The molecule has 2 unspecified atom stereocenters. The number of benzene rings is 1. The molecule has 0 aliphatic rings. The molecular weight excluding hydrogens is 353 g/mol. The summed E-state index contributed by atoms with van der Waals surface area (Å²) < 4.78 is 19.9. The maximum Gasteiger partial charge on any atom is 0.181 e. The third-order valence-electron chi connectivity index (χ3n) is 3.26. The number of hydrogen-bond donors (Lipinski definition) is 3. The van der Waals surface area contributed by atoms with Crippen molar-refractivity contribution in [2.75, 3.05) is 11.1 Å². The van der Waals surface area contributed by atoms with Gasteiger partial charge in [-0.2, -0.15) is 0 Å². The molecule has 1 aromatic rings. The summed E-state index contributed by atoms with van der Waals surface area (Å²) in [6.45, 7) is 11.1. The van der Waals surface area contributed by atoms with Crippen molar-refractivity contribution in [1.82, 2.24) is 5.32 Å². The van der Waals surface area contributed by atoms with E-state index in [4.69, 9.17) is 4.74 Å². The fourth-order valence-corrected chi connectivity index (χ4v) is 2.69. The van der Waals surface area contributed by atoms with Crippen molar-refractivity contribution in [1.29, 1.82) is 0 Å². The number of allylic oxidation sites excluding steroid dienone is 1. The molecule has 26 heavy (non-hydrogen) atoms. The minimum Gasteiger partial charge on any atom is -0.458 e. The van der Waals surface area contributed by atoms with E-state index in [0.717, 1.165) is 0 Å². The Morgan fingerprint density at radius 3 is 2.73 bits per heavy atom. The van der Waals surface area contributed by atoms with Crippen molar-refractivity contribution in [2.45, 2.75) is 46.1 Å². The van der Waals surface area contributed by atoms with E-state index in [1.54, 1.807) is 12.1 Å². The van der Waals surface area contributed by atoms with Gasteiger partial charge in [-0.25, -0.2) is 4.39 Å². The van der Waals surface area contributed by atoms with Crippen LogP contribution in [0.3, 0.4) is 0 Å². The number of anilines is 1. The Hall–Kier alpha value is -1.83. The molecule has 144 valence electrons. The lowest BCUT2D eigenvalue weighted by Gasteiger charge is -2.18. The van der Waals surface area contributed by atoms with E-state index in [1.165, 1.54) is 23.9 Å². The highest BCUT2D eigenvalue weighted by molar-refractivity contribution is 8.02. The summed E-state index contributed by atoms with van der Waals surface area (Å²) in [5.74, 6) is 0.865. The zero-order valence-electron chi connectivity index (χ0n) is 15.7. The Balaban J connectivity index is 2.62. The van der Waals surface area contributed by atoms with E-state index in [0.29, 0.717) is 17.2 Å². The van der Waals surface area contributed by atoms with Crippen molar-refractivity contribution in [3.05, 3.63) is 47.3 Å². The number of thioether (sulfide) groups is 1. The summed E-state index contributed by atoms with van der Waals surface area (Å²) >= 11 is 1.53. The highest BCUT2D eigenvalue weighted by atomic mass is 32.2. The largest absolute Gasteiger partial charge is 0.458 e. The third-order valence-corrected chi connectivity index (χ3v) is 4.06. The predicted octanol–water partition coefficient (Wildman–Crippen LogP) is 4.13. The molecule has 2 atom stereocenters. The van der Waals surface area contributed by atoms with E-state index in [-0.39, 0.29) is 17.8 Å². The quantitative estimate of drug-likeness (QED) is 0.306. The Morgan fingerprint density at radius 2 is 2.15 bits per heavy atom. The molecule has 0 heterocycles. The Labute approximate surface area is 159 Å². The maximum absolute atomic E-state index is 14.3. The SMILES string of the molecule is C=NC(C)C=CSCC(=CC)Oc1ccc(NC(O)NC(C)C)cc1F. The zero-order chi connectivity index (χ0) is 19.5. The lowest BCUT2D eigenvalue weighted by molar-refractivity contribution is 0.155. The second-order valence-electron chi connectivity index (χ2n) is 5.93. The van der Waals surface area contributed by atoms with Gasteiger partial charge in [-0.15, -0.1) is 11.8 Å². The molecule has 3 N–H and O–H groups in total. The average Bonchev–Trinajstić information content (AvgIpc) is 2.58. The molecule has 0 aliphatic heterocycles. The topological polar surface area (TPSA) is 65.9 Å². The van der Waals surface area contributed by atoms with Crippen molar-refractivity contribution in [3.8, 4) is 5.75 Å². The first-order valence-electron chi connectivity index (χ1n) is 8.43. The molecule has 5 nitrogen and oxygen atoms in total. The van der Waals surface area contributed by atoms with Gasteiger partial charge >= 0.3 is 0 Å². The molecule has 0 saturated heterocycles. The fourth-order valence-electron chi connectivity index (χ4n) is 1.86. The van der Waals surface area contributed by atoms with Crippen LogP contribution in [0, 0.1) is 5.82 Å². The van der Waals surface area contributed by atoms with Crippen LogP contribution in [-0.2, 0) is 0 Å². The number of aliphatic hydroxyl groups excluding tert-OH is 1. The van der Waals surface area contributed by atoms with Crippen LogP contribution in [0.4, 0.5) is 10.1 Å². The summed E-state index contributed by atoms with van der Waals surface area (Å²) in [6.07, 6.45) is 2.78. The number of halogens is 1. The molecular formula is C19H28FN3O2S. The summed E-state index contributed by atoms with van der Waals surface area (Å²) in [4.78, 5) is 3.88. The molecule has 0 radical (unpaired) electrons. The van der Waals surface area contributed by atoms with Crippen LogP contribution in [0.15, 0.2) is 46.5 Å². The minimum atomic E-state index is -0.956. The summed E-state index contributed by atoms with van der Waals surface area (Å²) in [5, 5.41) is 17.4. The van der Waals surface area contributed by atoms with Crippen LogP contribution in [0.1, 0.15) is 27.7 Å². The monoisotopic (exact) mass is 381 g/mol. The van der Waals surface area contributed by atoms with Gasteiger partial charge in [-0.05, 0) is 58.0 Å². The summed E-state index contributed by atoms with van der Waals surface area (Å²) in [7, 11) is 0. The molecule has 0 spiro atoms. The lowest BCUT2D eigenvalue weighted by atomic mass is 10.3. The molecule has 0 amide bonds. The maximum atomic E-state index is 14.3. The van der Waals surface area contributed by atoms with Crippen LogP contribution in [0.25, 0.3) is 0 Å². The van der Waals surface area contributed by atoms with Crippen LogP contribution in [-0.4, -0.2) is 36.0 Å². The molecule has 1 rings (SSSR count). The highest BCUT2D eigenvalue weighted by Gasteiger charge is 2.10. The minimum absolute atomic E-state index is 0.0653. The highest BCUT2D eigenvalue weighted by Crippen LogP contribution is 2.24. The normalized spacial score (nSPS) is 14.5. The summed E-state index contributed by atoms with van der Waals surface area (Å²) in [6, 6.07) is 4.64. The van der Waals surface area contributed by atoms with Gasteiger partial charge < -0.3 is 15.2 Å². The Bertz CT molecular complexity index is 635. The van der Waals surface area contributed by atoms with Gasteiger partial charge in [0.15, 0.2) is 17.9 Å². The van der Waals surface area contributed by atoms with E-state index in [9.17, 15) is 9.50 Å². The van der Waals surface area contributed by atoms with Gasteiger partial charge in [0.2, 0.25) is 0 Å². The van der Waals surface area contributed by atoms with Crippen molar-refractivity contribution < 1.29 is 14.2 Å². The number of nitrogens with zero attached hydrogens (tertiary/aromatic N) is 1.